The molecule has 1 rings (SSSR count). The van der Waals surface area contributed by atoms with Gasteiger partial charge in [0.1, 0.15) is 0 Å². The molecule has 1 atom stereocenters. The van der Waals surface area contributed by atoms with E-state index in [9.17, 15) is 18.0 Å². The molecule has 0 aromatic rings. The second kappa shape index (κ2) is 4.16. The molecular formula is C8H12F3NO2. The lowest BCUT2D eigenvalue weighted by Gasteiger charge is -2.33. The summed E-state index contributed by atoms with van der Waals surface area (Å²) in [5.41, 5.74) is 0. The van der Waals surface area contributed by atoms with Gasteiger partial charge in [0.15, 0.2) is 6.10 Å². The fourth-order valence-electron chi connectivity index (χ4n) is 1.30. The second-order valence-corrected chi connectivity index (χ2v) is 3.09. The van der Waals surface area contributed by atoms with E-state index < -0.39 is 12.3 Å². The number of carbonyl (C=O) groups is 1. The van der Waals surface area contributed by atoms with Crippen molar-refractivity contribution in [3.8, 4) is 0 Å². The average molecular weight is 211 g/mol. The maximum atomic E-state index is 12.2. The SMILES string of the molecule is CCC(=O)N1CCOC(C(F)(F)F)C1. The molecule has 1 unspecified atom stereocenters. The summed E-state index contributed by atoms with van der Waals surface area (Å²) >= 11 is 0. The Morgan fingerprint density at radius 2 is 2.21 bits per heavy atom. The number of ether oxygens (including phenoxy) is 1. The van der Waals surface area contributed by atoms with E-state index in [2.05, 4.69) is 4.74 Å². The summed E-state index contributed by atoms with van der Waals surface area (Å²) in [6, 6.07) is 0. The summed E-state index contributed by atoms with van der Waals surface area (Å²) < 4.78 is 41.2. The lowest BCUT2D eigenvalue weighted by Crippen LogP contribution is -2.50. The van der Waals surface area contributed by atoms with Gasteiger partial charge in [-0.25, -0.2) is 0 Å². The fraction of sp³-hybridized carbons (Fsp3) is 0.875. The van der Waals surface area contributed by atoms with Crippen molar-refractivity contribution in [3.63, 3.8) is 0 Å². The Bertz CT molecular complexity index is 217. The Morgan fingerprint density at radius 1 is 1.57 bits per heavy atom. The summed E-state index contributed by atoms with van der Waals surface area (Å²) in [4.78, 5) is 12.3. The zero-order valence-electron chi connectivity index (χ0n) is 7.80. The van der Waals surface area contributed by atoms with Gasteiger partial charge in [-0.2, -0.15) is 13.2 Å². The van der Waals surface area contributed by atoms with E-state index in [0.717, 1.165) is 0 Å². The molecule has 82 valence electrons. The van der Waals surface area contributed by atoms with Crippen LogP contribution >= 0.6 is 0 Å². The highest BCUT2D eigenvalue weighted by atomic mass is 19.4. The molecule has 0 saturated carbocycles. The smallest absolute Gasteiger partial charge is 0.365 e. The van der Waals surface area contributed by atoms with Crippen molar-refractivity contribution in [2.24, 2.45) is 0 Å². The van der Waals surface area contributed by atoms with Crippen LogP contribution in [0.25, 0.3) is 0 Å². The molecular weight excluding hydrogens is 199 g/mol. The molecule has 0 radical (unpaired) electrons. The highest BCUT2D eigenvalue weighted by Crippen LogP contribution is 2.25. The topological polar surface area (TPSA) is 29.5 Å². The van der Waals surface area contributed by atoms with Crippen molar-refractivity contribution in [2.75, 3.05) is 19.7 Å². The van der Waals surface area contributed by atoms with Crippen LogP contribution in [0.2, 0.25) is 0 Å². The second-order valence-electron chi connectivity index (χ2n) is 3.09. The first kappa shape index (κ1) is 11.3. The molecule has 0 aromatic heterocycles. The van der Waals surface area contributed by atoms with Crippen molar-refractivity contribution < 1.29 is 22.7 Å². The first-order valence-electron chi connectivity index (χ1n) is 4.41. The van der Waals surface area contributed by atoms with E-state index in [1.54, 1.807) is 6.92 Å². The van der Waals surface area contributed by atoms with Gasteiger partial charge in [-0.05, 0) is 0 Å². The van der Waals surface area contributed by atoms with Gasteiger partial charge < -0.3 is 9.64 Å². The van der Waals surface area contributed by atoms with Crippen molar-refractivity contribution >= 4 is 5.91 Å². The van der Waals surface area contributed by atoms with Gasteiger partial charge in [0.25, 0.3) is 0 Å². The van der Waals surface area contributed by atoms with Crippen molar-refractivity contribution in [3.05, 3.63) is 0 Å². The van der Waals surface area contributed by atoms with Gasteiger partial charge in [-0.1, -0.05) is 6.92 Å². The van der Waals surface area contributed by atoms with Crippen LogP contribution in [0.1, 0.15) is 13.3 Å². The van der Waals surface area contributed by atoms with E-state index in [0.29, 0.717) is 0 Å². The summed E-state index contributed by atoms with van der Waals surface area (Å²) in [6.45, 7) is 1.45. The van der Waals surface area contributed by atoms with Gasteiger partial charge in [-0.3, -0.25) is 4.79 Å². The predicted molar refractivity (Wildman–Crippen MR) is 42.7 cm³/mol. The van der Waals surface area contributed by atoms with Crippen LogP contribution in [-0.2, 0) is 9.53 Å². The summed E-state index contributed by atoms with van der Waals surface area (Å²) in [7, 11) is 0. The molecule has 14 heavy (non-hydrogen) atoms. The van der Waals surface area contributed by atoms with Gasteiger partial charge in [0.2, 0.25) is 5.91 Å². The summed E-state index contributed by atoms with van der Waals surface area (Å²) in [5, 5.41) is 0. The number of rotatable bonds is 1. The van der Waals surface area contributed by atoms with Gasteiger partial charge >= 0.3 is 6.18 Å². The summed E-state index contributed by atoms with van der Waals surface area (Å²) in [5.74, 6) is -0.262. The van der Waals surface area contributed by atoms with Crippen LogP contribution in [-0.4, -0.2) is 42.8 Å². The van der Waals surface area contributed by atoms with E-state index in [-0.39, 0.29) is 32.0 Å². The molecule has 1 saturated heterocycles. The van der Waals surface area contributed by atoms with Crippen molar-refractivity contribution in [1.82, 2.24) is 4.90 Å². The molecule has 0 bridgehead atoms. The minimum atomic E-state index is -4.38. The van der Waals surface area contributed by atoms with Gasteiger partial charge in [0, 0.05) is 13.0 Å². The lowest BCUT2D eigenvalue weighted by molar-refractivity contribution is -0.236. The van der Waals surface area contributed by atoms with Crippen LogP contribution in [0, 0.1) is 0 Å². The molecule has 0 spiro atoms. The number of alkyl halides is 3. The Morgan fingerprint density at radius 3 is 2.71 bits per heavy atom. The lowest BCUT2D eigenvalue weighted by atomic mass is 10.2. The summed E-state index contributed by atoms with van der Waals surface area (Å²) in [6.07, 6.45) is -5.98. The maximum absolute atomic E-state index is 12.2. The number of hydrogen-bond acceptors (Lipinski definition) is 2. The van der Waals surface area contributed by atoms with E-state index >= 15 is 0 Å². The van der Waals surface area contributed by atoms with E-state index in [1.807, 2.05) is 0 Å². The van der Waals surface area contributed by atoms with Crippen LogP contribution in [0.3, 0.4) is 0 Å². The Labute approximate surface area is 79.8 Å². The molecule has 1 aliphatic rings. The average Bonchev–Trinajstić information content (AvgIpc) is 2.15. The molecule has 1 amide bonds. The molecule has 0 N–H and O–H groups in total. The molecule has 1 heterocycles. The van der Waals surface area contributed by atoms with Gasteiger partial charge in [-0.15, -0.1) is 0 Å². The zero-order chi connectivity index (χ0) is 10.8. The highest BCUT2D eigenvalue weighted by molar-refractivity contribution is 5.75. The van der Waals surface area contributed by atoms with E-state index in [4.69, 9.17) is 0 Å². The third-order valence-electron chi connectivity index (χ3n) is 2.09. The highest BCUT2D eigenvalue weighted by Gasteiger charge is 2.43. The number of amides is 1. The maximum Gasteiger partial charge on any atom is 0.416 e. The van der Waals surface area contributed by atoms with E-state index in [1.165, 1.54) is 4.90 Å². The Balaban J connectivity index is 2.56. The Hall–Kier alpha value is -0.780. The third kappa shape index (κ3) is 2.60. The largest absolute Gasteiger partial charge is 0.416 e. The quantitative estimate of drug-likeness (QED) is 0.652. The first-order valence-corrected chi connectivity index (χ1v) is 4.41. The molecule has 1 aliphatic heterocycles. The molecule has 1 fully saturated rings. The van der Waals surface area contributed by atoms with Crippen LogP contribution < -0.4 is 0 Å². The number of nitrogens with zero attached hydrogens (tertiary/aromatic N) is 1. The molecule has 6 heteroatoms. The number of hydrogen-bond donors (Lipinski definition) is 0. The molecule has 3 nitrogen and oxygen atoms in total. The minimum absolute atomic E-state index is 0.0457. The Kier molecular flexibility index (Phi) is 3.36. The number of halogens is 3. The van der Waals surface area contributed by atoms with Crippen molar-refractivity contribution in [1.29, 1.82) is 0 Å². The number of carbonyl (C=O) groups excluding carboxylic acids is 1. The third-order valence-corrected chi connectivity index (χ3v) is 2.09. The standard InChI is InChI=1S/C8H12F3NO2/c1-2-7(13)12-3-4-14-6(5-12)8(9,10)11/h6H,2-5H2,1H3. The molecule has 0 aliphatic carbocycles. The monoisotopic (exact) mass is 211 g/mol. The predicted octanol–water partition coefficient (Wildman–Crippen LogP) is 1.19. The van der Waals surface area contributed by atoms with Crippen LogP contribution in [0.4, 0.5) is 13.2 Å². The van der Waals surface area contributed by atoms with Crippen LogP contribution in [0.15, 0.2) is 0 Å². The van der Waals surface area contributed by atoms with Gasteiger partial charge in [0.05, 0.1) is 13.2 Å². The minimum Gasteiger partial charge on any atom is -0.365 e. The zero-order valence-corrected chi connectivity index (χ0v) is 7.80. The molecule has 0 aromatic carbocycles. The normalized spacial score (nSPS) is 23.7. The van der Waals surface area contributed by atoms with Crippen LogP contribution in [0.5, 0.6) is 0 Å². The van der Waals surface area contributed by atoms with Crippen molar-refractivity contribution in [2.45, 2.75) is 25.6 Å². The first-order chi connectivity index (χ1) is 6.45. The number of morpholine rings is 1. The fourth-order valence-corrected chi connectivity index (χ4v) is 1.30.